The number of hydrogen-bond donors (Lipinski definition) is 1. The fourth-order valence-corrected chi connectivity index (χ4v) is 2.78. The zero-order chi connectivity index (χ0) is 19.5. The summed E-state index contributed by atoms with van der Waals surface area (Å²) in [5, 5.41) is 0.542. The van der Waals surface area contributed by atoms with Crippen molar-refractivity contribution >= 4 is 33.3 Å². The molecular formula is C18H18ClNO5S. The van der Waals surface area contributed by atoms with Gasteiger partial charge < -0.3 is 4.74 Å². The molecule has 0 bridgehead atoms. The molecule has 0 aliphatic heterocycles. The summed E-state index contributed by atoms with van der Waals surface area (Å²) in [5.74, 6) is -0.644. The average Bonchev–Trinajstić information content (AvgIpc) is 2.54. The minimum atomic E-state index is -3.68. The number of ketones is 1. The van der Waals surface area contributed by atoms with Gasteiger partial charge in [0.05, 0.1) is 6.26 Å². The van der Waals surface area contributed by atoms with Crippen molar-refractivity contribution in [3.05, 3.63) is 64.7 Å². The van der Waals surface area contributed by atoms with E-state index in [1.165, 1.54) is 13.8 Å². The van der Waals surface area contributed by atoms with Crippen LogP contribution in [0.25, 0.3) is 0 Å². The monoisotopic (exact) mass is 395 g/mol. The van der Waals surface area contributed by atoms with Gasteiger partial charge >= 0.3 is 0 Å². The number of carbonyl (C=O) groups excluding carboxylic acids is 2. The van der Waals surface area contributed by atoms with Gasteiger partial charge in [-0.25, -0.2) is 13.1 Å². The normalized spacial score (nSPS) is 11.7. The molecule has 138 valence electrons. The largest absolute Gasteiger partial charge is 0.478 e. The molecule has 0 aromatic heterocycles. The lowest BCUT2D eigenvalue weighted by Gasteiger charge is -2.24. The molecule has 2 aromatic rings. The predicted octanol–water partition coefficient (Wildman–Crippen LogP) is 2.80. The van der Waals surface area contributed by atoms with Gasteiger partial charge in [0.1, 0.15) is 5.75 Å². The number of sulfonamides is 1. The van der Waals surface area contributed by atoms with E-state index in [9.17, 15) is 18.0 Å². The Kier molecular flexibility index (Phi) is 5.73. The minimum Gasteiger partial charge on any atom is -0.478 e. The Morgan fingerprint density at radius 3 is 1.88 bits per heavy atom. The second-order valence-corrected chi connectivity index (χ2v) is 8.36. The predicted molar refractivity (Wildman–Crippen MR) is 99.0 cm³/mol. The Bertz CT molecular complexity index is 919. The Balaban J connectivity index is 2.12. The smallest absolute Gasteiger partial charge is 0.277 e. The van der Waals surface area contributed by atoms with Crippen molar-refractivity contribution in [3.8, 4) is 5.75 Å². The molecule has 1 N–H and O–H groups in total. The molecule has 0 radical (unpaired) electrons. The van der Waals surface area contributed by atoms with Crippen LogP contribution in [0.4, 0.5) is 0 Å². The van der Waals surface area contributed by atoms with Crippen LogP contribution >= 0.6 is 11.6 Å². The zero-order valence-electron chi connectivity index (χ0n) is 14.4. The lowest BCUT2D eigenvalue weighted by atomic mass is 10.0. The van der Waals surface area contributed by atoms with Crippen LogP contribution in [-0.4, -0.2) is 32.0 Å². The van der Waals surface area contributed by atoms with Crippen molar-refractivity contribution in [1.29, 1.82) is 0 Å². The topological polar surface area (TPSA) is 89.5 Å². The fraction of sp³-hybridized carbons (Fsp3) is 0.222. The molecule has 0 saturated heterocycles. The third-order valence-electron chi connectivity index (χ3n) is 3.42. The summed E-state index contributed by atoms with van der Waals surface area (Å²) in [6, 6.07) is 12.7. The second-order valence-electron chi connectivity index (χ2n) is 6.18. The van der Waals surface area contributed by atoms with Crippen LogP contribution in [0.5, 0.6) is 5.75 Å². The summed E-state index contributed by atoms with van der Waals surface area (Å²) in [6.07, 6.45) is 0.887. The van der Waals surface area contributed by atoms with Gasteiger partial charge in [0.25, 0.3) is 5.91 Å². The number of hydrogen-bond acceptors (Lipinski definition) is 5. The van der Waals surface area contributed by atoms with Crippen molar-refractivity contribution in [2.75, 3.05) is 6.26 Å². The molecule has 0 heterocycles. The number of rotatable bonds is 6. The lowest BCUT2D eigenvalue weighted by molar-refractivity contribution is -0.132. The van der Waals surface area contributed by atoms with Gasteiger partial charge in [0.2, 0.25) is 10.0 Å². The quantitative estimate of drug-likeness (QED) is 0.759. The number of benzene rings is 2. The molecule has 8 heteroatoms. The van der Waals surface area contributed by atoms with Gasteiger partial charge in [-0.05, 0) is 62.4 Å². The van der Waals surface area contributed by atoms with Gasteiger partial charge in [-0.3, -0.25) is 9.59 Å². The fourth-order valence-electron chi connectivity index (χ4n) is 2.07. The SMILES string of the molecule is CC(C)(Oc1ccc(C(=O)c2ccc(Cl)cc2)cc1)C(=O)NS(C)(=O)=O. The van der Waals surface area contributed by atoms with E-state index in [-0.39, 0.29) is 5.78 Å². The summed E-state index contributed by atoms with van der Waals surface area (Å²) < 4.78 is 29.8. The van der Waals surface area contributed by atoms with Crippen LogP contribution in [0.2, 0.25) is 5.02 Å². The van der Waals surface area contributed by atoms with Crippen LogP contribution < -0.4 is 9.46 Å². The van der Waals surface area contributed by atoms with Crippen molar-refractivity contribution in [1.82, 2.24) is 4.72 Å². The number of nitrogens with one attached hydrogen (secondary N) is 1. The van der Waals surface area contributed by atoms with E-state index in [2.05, 4.69) is 0 Å². The van der Waals surface area contributed by atoms with Crippen molar-refractivity contribution < 1.29 is 22.7 Å². The standard InChI is InChI=1S/C18H18ClNO5S/c1-18(2,17(22)20-26(3,23)24)25-15-10-6-13(7-11-15)16(21)12-4-8-14(19)9-5-12/h4-11H,1-3H3,(H,20,22). The molecule has 0 atom stereocenters. The molecular weight excluding hydrogens is 378 g/mol. The maximum Gasteiger partial charge on any atom is 0.277 e. The van der Waals surface area contributed by atoms with Crippen LogP contribution in [-0.2, 0) is 14.8 Å². The van der Waals surface area contributed by atoms with E-state index in [1.54, 1.807) is 48.5 Å². The highest BCUT2D eigenvalue weighted by atomic mass is 35.5. The number of ether oxygens (including phenoxy) is 1. The minimum absolute atomic E-state index is 0.178. The van der Waals surface area contributed by atoms with E-state index in [4.69, 9.17) is 16.3 Å². The number of carbonyl (C=O) groups is 2. The molecule has 2 rings (SSSR count). The first kappa shape index (κ1) is 19.9. The molecule has 0 aliphatic carbocycles. The zero-order valence-corrected chi connectivity index (χ0v) is 16.0. The first-order valence-electron chi connectivity index (χ1n) is 7.59. The summed E-state index contributed by atoms with van der Waals surface area (Å²) in [7, 11) is -3.68. The molecule has 0 unspecified atom stereocenters. The Hall–Kier alpha value is -2.38. The van der Waals surface area contributed by atoms with Crippen molar-refractivity contribution in [3.63, 3.8) is 0 Å². The van der Waals surface area contributed by atoms with Gasteiger partial charge in [0.15, 0.2) is 11.4 Å². The lowest BCUT2D eigenvalue weighted by Crippen LogP contribution is -2.48. The maximum absolute atomic E-state index is 12.4. The van der Waals surface area contributed by atoms with E-state index in [0.29, 0.717) is 21.9 Å². The second kappa shape index (κ2) is 7.47. The summed E-state index contributed by atoms with van der Waals surface area (Å²) in [5.41, 5.74) is -0.473. The number of halogens is 1. The van der Waals surface area contributed by atoms with Gasteiger partial charge in [-0.15, -0.1) is 0 Å². The molecule has 26 heavy (non-hydrogen) atoms. The van der Waals surface area contributed by atoms with Gasteiger partial charge in [0, 0.05) is 16.1 Å². The van der Waals surface area contributed by atoms with E-state index in [1.807, 2.05) is 4.72 Å². The maximum atomic E-state index is 12.4. The molecule has 0 saturated carbocycles. The van der Waals surface area contributed by atoms with Crippen molar-refractivity contribution in [2.24, 2.45) is 0 Å². The summed E-state index contributed by atoms with van der Waals surface area (Å²) >= 11 is 5.81. The molecule has 1 amide bonds. The van der Waals surface area contributed by atoms with Crippen LogP contribution in [0.3, 0.4) is 0 Å². The van der Waals surface area contributed by atoms with Crippen LogP contribution in [0.1, 0.15) is 29.8 Å². The van der Waals surface area contributed by atoms with Crippen LogP contribution in [0, 0.1) is 0 Å². The molecule has 0 fully saturated rings. The Labute approximate surface area is 157 Å². The third kappa shape index (κ3) is 5.31. The first-order valence-corrected chi connectivity index (χ1v) is 9.86. The summed E-state index contributed by atoms with van der Waals surface area (Å²) in [6.45, 7) is 2.89. The highest BCUT2D eigenvalue weighted by molar-refractivity contribution is 7.89. The highest BCUT2D eigenvalue weighted by Crippen LogP contribution is 2.21. The molecule has 6 nitrogen and oxygen atoms in total. The van der Waals surface area contributed by atoms with Gasteiger partial charge in [-0.1, -0.05) is 11.6 Å². The third-order valence-corrected chi connectivity index (χ3v) is 4.23. The summed E-state index contributed by atoms with van der Waals surface area (Å²) in [4.78, 5) is 24.4. The number of amides is 1. The molecule has 2 aromatic carbocycles. The van der Waals surface area contributed by atoms with E-state index < -0.39 is 21.5 Å². The van der Waals surface area contributed by atoms with Crippen molar-refractivity contribution in [2.45, 2.75) is 19.4 Å². The van der Waals surface area contributed by atoms with Gasteiger partial charge in [-0.2, -0.15) is 0 Å². The highest BCUT2D eigenvalue weighted by Gasteiger charge is 2.32. The Morgan fingerprint density at radius 2 is 1.42 bits per heavy atom. The average molecular weight is 396 g/mol. The Morgan fingerprint density at radius 1 is 0.962 bits per heavy atom. The molecule has 0 aliphatic rings. The first-order chi connectivity index (χ1) is 12.0. The van der Waals surface area contributed by atoms with E-state index >= 15 is 0 Å². The molecule has 0 spiro atoms. The van der Waals surface area contributed by atoms with Crippen LogP contribution in [0.15, 0.2) is 48.5 Å². The van der Waals surface area contributed by atoms with E-state index in [0.717, 1.165) is 6.26 Å².